The normalized spacial score (nSPS) is 8.88. The Labute approximate surface area is 92.2 Å². The van der Waals surface area contributed by atoms with Crippen LogP contribution in [0.1, 0.15) is 22.8 Å². The molecule has 1 aromatic rings. The quantitative estimate of drug-likeness (QED) is 0.431. The van der Waals surface area contributed by atoms with Crippen LogP contribution in [0.2, 0.25) is 0 Å². The lowest BCUT2D eigenvalue weighted by molar-refractivity contribution is -0.103. The molecule has 0 amide bonds. The van der Waals surface area contributed by atoms with Crippen molar-refractivity contribution in [2.24, 2.45) is 0 Å². The van der Waals surface area contributed by atoms with Gasteiger partial charge in [-0.25, -0.2) is 9.18 Å². The Hall–Kier alpha value is -2.15. The molecule has 16 heavy (non-hydrogen) atoms. The first-order valence-electron chi connectivity index (χ1n) is 4.61. The van der Waals surface area contributed by atoms with Gasteiger partial charge in [-0.1, -0.05) is 5.92 Å². The van der Waals surface area contributed by atoms with Crippen molar-refractivity contribution >= 4 is 12.3 Å². The van der Waals surface area contributed by atoms with E-state index in [9.17, 15) is 14.0 Å². The minimum absolute atomic E-state index is 0.169. The summed E-state index contributed by atoms with van der Waals surface area (Å²) in [6, 6.07) is 3.75. The van der Waals surface area contributed by atoms with Crippen molar-refractivity contribution in [1.82, 2.24) is 0 Å². The summed E-state index contributed by atoms with van der Waals surface area (Å²) in [7, 11) is 0. The molecule has 0 aliphatic carbocycles. The minimum Gasteiger partial charge on any atom is -0.462 e. The minimum atomic E-state index is -0.741. The van der Waals surface area contributed by atoms with Crippen LogP contribution in [0.25, 0.3) is 0 Å². The lowest BCUT2D eigenvalue weighted by Crippen LogP contribution is -2.07. The zero-order valence-corrected chi connectivity index (χ0v) is 8.62. The van der Waals surface area contributed by atoms with Crippen LogP contribution >= 0.6 is 0 Å². The fraction of sp³-hybridized carbons (Fsp3) is 0.167. The first-order chi connectivity index (χ1) is 7.69. The molecule has 0 saturated heterocycles. The van der Waals surface area contributed by atoms with Gasteiger partial charge in [-0.15, -0.1) is 0 Å². The molecule has 0 N–H and O–H groups in total. The van der Waals surface area contributed by atoms with Gasteiger partial charge in [-0.05, 0) is 31.0 Å². The highest BCUT2D eigenvalue weighted by atomic mass is 19.1. The number of halogens is 1. The van der Waals surface area contributed by atoms with Crippen molar-refractivity contribution in [3.8, 4) is 11.8 Å². The summed E-state index contributed by atoms with van der Waals surface area (Å²) < 4.78 is 17.9. The molecule has 82 valence electrons. The second-order valence-electron chi connectivity index (χ2n) is 2.80. The molecule has 4 heteroatoms. The van der Waals surface area contributed by atoms with Crippen molar-refractivity contribution in [1.29, 1.82) is 0 Å². The van der Waals surface area contributed by atoms with Crippen LogP contribution in [-0.4, -0.2) is 18.9 Å². The first-order valence-corrected chi connectivity index (χ1v) is 4.61. The van der Waals surface area contributed by atoms with Gasteiger partial charge in [0.05, 0.1) is 12.2 Å². The fourth-order valence-corrected chi connectivity index (χ4v) is 1.08. The van der Waals surface area contributed by atoms with Gasteiger partial charge >= 0.3 is 5.97 Å². The van der Waals surface area contributed by atoms with Crippen molar-refractivity contribution in [2.45, 2.75) is 6.92 Å². The third-order valence-electron chi connectivity index (χ3n) is 1.74. The Morgan fingerprint density at radius 3 is 2.94 bits per heavy atom. The summed E-state index contributed by atoms with van der Waals surface area (Å²) >= 11 is 0. The molecule has 0 radical (unpaired) electrons. The van der Waals surface area contributed by atoms with Crippen molar-refractivity contribution in [3.05, 3.63) is 35.1 Å². The molecule has 0 spiro atoms. The SMILES string of the molecule is CCOC(=O)c1cc(C#CC=O)ccc1F. The Morgan fingerprint density at radius 1 is 1.56 bits per heavy atom. The van der Waals surface area contributed by atoms with Crippen LogP contribution in [0.4, 0.5) is 4.39 Å². The molecule has 1 rings (SSSR count). The Morgan fingerprint density at radius 2 is 2.31 bits per heavy atom. The van der Waals surface area contributed by atoms with E-state index in [2.05, 4.69) is 16.6 Å². The maximum atomic E-state index is 13.2. The summed E-state index contributed by atoms with van der Waals surface area (Å²) in [6.07, 6.45) is 0.424. The van der Waals surface area contributed by atoms with E-state index in [1.54, 1.807) is 6.92 Å². The molecule has 0 bridgehead atoms. The number of rotatable bonds is 2. The summed E-state index contributed by atoms with van der Waals surface area (Å²) in [5.41, 5.74) is 0.205. The maximum absolute atomic E-state index is 13.2. The molecule has 0 aromatic heterocycles. The second kappa shape index (κ2) is 5.66. The lowest BCUT2D eigenvalue weighted by atomic mass is 10.1. The Kier molecular flexibility index (Phi) is 4.22. The second-order valence-corrected chi connectivity index (χ2v) is 2.80. The highest BCUT2D eigenvalue weighted by molar-refractivity contribution is 5.90. The fourth-order valence-electron chi connectivity index (χ4n) is 1.08. The van der Waals surface area contributed by atoms with E-state index in [1.807, 2.05) is 0 Å². The van der Waals surface area contributed by atoms with Crippen LogP contribution in [0, 0.1) is 17.7 Å². The monoisotopic (exact) mass is 220 g/mol. The van der Waals surface area contributed by atoms with Gasteiger partial charge in [0.1, 0.15) is 5.82 Å². The number of carbonyl (C=O) groups excluding carboxylic acids is 2. The number of aldehydes is 1. The number of carbonyl (C=O) groups is 2. The summed E-state index contributed by atoms with van der Waals surface area (Å²) in [5.74, 6) is 3.23. The standard InChI is InChI=1S/C12H9FO3/c1-2-16-12(15)10-8-9(4-3-7-14)5-6-11(10)13/h5-8H,2H2,1H3. The topological polar surface area (TPSA) is 43.4 Å². The molecule has 0 fully saturated rings. The van der Waals surface area contributed by atoms with Crippen molar-refractivity contribution in [3.63, 3.8) is 0 Å². The number of esters is 1. The summed E-state index contributed by atoms with van der Waals surface area (Å²) in [5, 5.41) is 0. The van der Waals surface area contributed by atoms with E-state index in [1.165, 1.54) is 12.1 Å². The Balaban J connectivity index is 3.08. The summed E-state index contributed by atoms with van der Waals surface area (Å²) in [6.45, 7) is 1.80. The van der Waals surface area contributed by atoms with Gasteiger partial charge in [0.15, 0.2) is 6.29 Å². The van der Waals surface area contributed by atoms with Crippen molar-refractivity contribution < 1.29 is 18.7 Å². The van der Waals surface area contributed by atoms with Crippen LogP contribution in [0.5, 0.6) is 0 Å². The molecule has 0 aliphatic heterocycles. The van der Waals surface area contributed by atoms with E-state index >= 15 is 0 Å². The maximum Gasteiger partial charge on any atom is 0.341 e. The summed E-state index contributed by atoms with van der Waals surface area (Å²) in [4.78, 5) is 21.3. The predicted molar refractivity (Wildman–Crippen MR) is 55.3 cm³/mol. The van der Waals surface area contributed by atoms with Gasteiger partial charge in [0.2, 0.25) is 0 Å². The molecule has 0 heterocycles. The molecular formula is C12H9FO3. The highest BCUT2D eigenvalue weighted by Crippen LogP contribution is 2.11. The average molecular weight is 220 g/mol. The zero-order chi connectivity index (χ0) is 12.0. The number of hydrogen-bond donors (Lipinski definition) is 0. The third-order valence-corrected chi connectivity index (χ3v) is 1.74. The first kappa shape index (κ1) is 11.9. The molecule has 3 nitrogen and oxygen atoms in total. The highest BCUT2D eigenvalue weighted by Gasteiger charge is 2.12. The zero-order valence-electron chi connectivity index (χ0n) is 8.62. The van der Waals surface area contributed by atoms with Crippen LogP contribution in [0.15, 0.2) is 18.2 Å². The van der Waals surface area contributed by atoms with Gasteiger partial charge in [0.25, 0.3) is 0 Å². The van der Waals surface area contributed by atoms with E-state index in [0.717, 1.165) is 6.07 Å². The predicted octanol–water partition coefficient (Wildman–Crippen LogP) is 1.55. The van der Waals surface area contributed by atoms with E-state index < -0.39 is 11.8 Å². The lowest BCUT2D eigenvalue weighted by Gasteiger charge is -2.03. The van der Waals surface area contributed by atoms with E-state index in [4.69, 9.17) is 0 Å². The molecule has 0 aliphatic rings. The van der Waals surface area contributed by atoms with Gasteiger partial charge in [-0.2, -0.15) is 0 Å². The average Bonchev–Trinajstić information content (AvgIpc) is 2.28. The molecular weight excluding hydrogens is 211 g/mol. The van der Waals surface area contributed by atoms with Gasteiger partial charge < -0.3 is 4.74 Å². The molecule has 0 atom stereocenters. The third kappa shape index (κ3) is 2.92. The number of benzene rings is 1. The number of ether oxygens (including phenoxy) is 1. The van der Waals surface area contributed by atoms with Gasteiger partial charge in [-0.3, -0.25) is 4.79 Å². The van der Waals surface area contributed by atoms with E-state index in [0.29, 0.717) is 11.8 Å². The largest absolute Gasteiger partial charge is 0.462 e. The Bertz CT molecular complexity index is 469. The van der Waals surface area contributed by atoms with E-state index in [-0.39, 0.29) is 12.2 Å². The molecule has 0 unspecified atom stereocenters. The van der Waals surface area contributed by atoms with Crippen LogP contribution in [-0.2, 0) is 9.53 Å². The number of hydrogen-bond acceptors (Lipinski definition) is 3. The van der Waals surface area contributed by atoms with Crippen LogP contribution < -0.4 is 0 Å². The molecule has 0 saturated carbocycles. The smallest absolute Gasteiger partial charge is 0.341 e. The van der Waals surface area contributed by atoms with Gasteiger partial charge in [0, 0.05) is 5.56 Å². The van der Waals surface area contributed by atoms with Crippen molar-refractivity contribution in [2.75, 3.05) is 6.61 Å². The molecule has 1 aromatic carbocycles. The van der Waals surface area contributed by atoms with Crippen LogP contribution in [0.3, 0.4) is 0 Å².